The number of hydrogen-bond donors (Lipinski definition) is 0. The number of benzene rings is 2. The summed E-state index contributed by atoms with van der Waals surface area (Å²) in [5, 5.41) is 0.506. The number of aryl methyl sites for hydroxylation is 1. The molecule has 0 aliphatic carbocycles. The lowest BCUT2D eigenvalue weighted by Crippen LogP contribution is -2.26. The first-order valence-corrected chi connectivity index (χ1v) is 8.44. The number of rotatable bonds is 3. The third-order valence-electron chi connectivity index (χ3n) is 2.98. The van der Waals surface area contributed by atoms with E-state index in [0.717, 1.165) is 10.0 Å². The summed E-state index contributed by atoms with van der Waals surface area (Å²) in [4.78, 5) is 0.213. The average Bonchev–Trinajstić information content (AvgIpc) is 2.41. The van der Waals surface area contributed by atoms with Crippen molar-refractivity contribution in [1.29, 1.82) is 0 Å². The van der Waals surface area contributed by atoms with E-state index < -0.39 is 10.0 Å². The van der Waals surface area contributed by atoms with Gasteiger partial charge in [0.25, 0.3) is 10.0 Å². The molecular formula is C14H13BrClNO2S. The molecular weight excluding hydrogens is 362 g/mol. The van der Waals surface area contributed by atoms with Crippen molar-refractivity contribution >= 4 is 43.2 Å². The van der Waals surface area contributed by atoms with Crippen LogP contribution in [0, 0.1) is 6.92 Å². The Kier molecular flexibility index (Phi) is 4.42. The second kappa shape index (κ2) is 5.76. The second-order valence-corrected chi connectivity index (χ2v) is 7.62. The van der Waals surface area contributed by atoms with Crippen molar-refractivity contribution in [2.24, 2.45) is 0 Å². The van der Waals surface area contributed by atoms with E-state index in [0.29, 0.717) is 10.7 Å². The topological polar surface area (TPSA) is 37.4 Å². The minimum Gasteiger partial charge on any atom is -0.269 e. The molecule has 0 atom stereocenters. The minimum absolute atomic E-state index is 0.213. The van der Waals surface area contributed by atoms with E-state index in [-0.39, 0.29) is 4.90 Å². The van der Waals surface area contributed by atoms with Gasteiger partial charge in [-0.25, -0.2) is 8.42 Å². The van der Waals surface area contributed by atoms with E-state index in [2.05, 4.69) is 15.9 Å². The molecule has 0 aromatic heterocycles. The van der Waals surface area contributed by atoms with Gasteiger partial charge < -0.3 is 0 Å². The van der Waals surface area contributed by atoms with Gasteiger partial charge in [-0.05, 0) is 55.0 Å². The molecule has 20 heavy (non-hydrogen) atoms. The van der Waals surface area contributed by atoms with Gasteiger partial charge >= 0.3 is 0 Å². The van der Waals surface area contributed by atoms with E-state index in [1.54, 1.807) is 18.2 Å². The van der Waals surface area contributed by atoms with Gasteiger partial charge in [-0.3, -0.25) is 4.31 Å². The molecule has 2 rings (SSSR count). The van der Waals surface area contributed by atoms with E-state index in [1.165, 1.54) is 23.5 Å². The van der Waals surface area contributed by atoms with Crippen LogP contribution in [0.2, 0.25) is 5.02 Å². The van der Waals surface area contributed by atoms with Crippen LogP contribution in [0.5, 0.6) is 0 Å². The summed E-state index contributed by atoms with van der Waals surface area (Å²) in [6.45, 7) is 1.91. The summed E-state index contributed by atoms with van der Waals surface area (Å²) in [5.41, 5.74) is 1.58. The fourth-order valence-electron chi connectivity index (χ4n) is 1.73. The van der Waals surface area contributed by atoms with Gasteiger partial charge in [0, 0.05) is 16.5 Å². The molecule has 2 aromatic rings. The van der Waals surface area contributed by atoms with Crippen LogP contribution in [0.15, 0.2) is 51.8 Å². The predicted octanol–water partition coefficient (Wildman–Crippen LogP) is 4.24. The molecule has 0 spiro atoms. The molecule has 0 fully saturated rings. The lowest BCUT2D eigenvalue weighted by molar-refractivity contribution is 0.594. The van der Waals surface area contributed by atoms with Crippen LogP contribution in [0.1, 0.15) is 5.56 Å². The van der Waals surface area contributed by atoms with Crippen molar-refractivity contribution < 1.29 is 8.42 Å². The third kappa shape index (κ3) is 3.00. The number of sulfonamides is 1. The monoisotopic (exact) mass is 373 g/mol. The van der Waals surface area contributed by atoms with Crippen LogP contribution in [0.3, 0.4) is 0 Å². The van der Waals surface area contributed by atoms with E-state index >= 15 is 0 Å². The first kappa shape index (κ1) is 15.4. The fourth-order valence-corrected chi connectivity index (χ4v) is 3.29. The van der Waals surface area contributed by atoms with Crippen molar-refractivity contribution in [3.05, 3.63) is 57.5 Å². The van der Waals surface area contributed by atoms with Gasteiger partial charge in [0.05, 0.1) is 10.6 Å². The van der Waals surface area contributed by atoms with Crippen LogP contribution in [0.4, 0.5) is 5.69 Å². The quantitative estimate of drug-likeness (QED) is 0.806. The maximum Gasteiger partial charge on any atom is 0.264 e. The first-order chi connectivity index (χ1) is 9.32. The van der Waals surface area contributed by atoms with Gasteiger partial charge in [-0.1, -0.05) is 27.5 Å². The molecule has 0 aliphatic heterocycles. The zero-order valence-corrected chi connectivity index (χ0v) is 14.1. The van der Waals surface area contributed by atoms with Crippen molar-refractivity contribution in [1.82, 2.24) is 0 Å². The highest BCUT2D eigenvalue weighted by Gasteiger charge is 2.21. The van der Waals surface area contributed by atoms with Crippen molar-refractivity contribution in [2.75, 3.05) is 11.4 Å². The highest BCUT2D eigenvalue weighted by Crippen LogP contribution is 2.26. The van der Waals surface area contributed by atoms with Gasteiger partial charge in [-0.2, -0.15) is 0 Å². The number of nitrogens with zero attached hydrogens (tertiary/aromatic N) is 1. The fraction of sp³-hybridized carbons (Fsp3) is 0.143. The van der Waals surface area contributed by atoms with E-state index in [9.17, 15) is 8.42 Å². The predicted molar refractivity (Wildman–Crippen MR) is 85.9 cm³/mol. The van der Waals surface area contributed by atoms with Crippen LogP contribution >= 0.6 is 27.5 Å². The minimum atomic E-state index is -3.58. The molecule has 0 aliphatic rings. The Morgan fingerprint density at radius 3 is 2.25 bits per heavy atom. The normalized spacial score (nSPS) is 11.4. The smallest absolute Gasteiger partial charge is 0.264 e. The van der Waals surface area contributed by atoms with Crippen LogP contribution < -0.4 is 4.31 Å². The zero-order chi connectivity index (χ0) is 14.9. The average molecular weight is 375 g/mol. The Morgan fingerprint density at radius 1 is 1.10 bits per heavy atom. The first-order valence-electron chi connectivity index (χ1n) is 5.83. The second-order valence-electron chi connectivity index (χ2n) is 4.36. The Hall–Kier alpha value is -1.04. The zero-order valence-electron chi connectivity index (χ0n) is 11.0. The molecule has 0 saturated carbocycles. The van der Waals surface area contributed by atoms with Gasteiger partial charge in [-0.15, -0.1) is 0 Å². The maximum absolute atomic E-state index is 12.5. The number of anilines is 1. The Morgan fingerprint density at radius 2 is 1.70 bits per heavy atom. The van der Waals surface area contributed by atoms with Crippen LogP contribution in [-0.2, 0) is 10.0 Å². The van der Waals surface area contributed by atoms with Crippen molar-refractivity contribution in [2.45, 2.75) is 11.8 Å². The third-order valence-corrected chi connectivity index (χ3v) is 5.92. The van der Waals surface area contributed by atoms with Crippen molar-refractivity contribution in [3.8, 4) is 0 Å². The summed E-state index contributed by atoms with van der Waals surface area (Å²) >= 11 is 9.18. The van der Waals surface area contributed by atoms with Gasteiger partial charge in [0.2, 0.25) is 0 Å². The van der Waals surface area contributed by atoms with Crippen LogP contribution in [-0.4, -0.2) is 15.5 Å². The van der Waals surface area contributed by atoms with Crippen molar-refractivity contribution in [3.63, 3.8) is 0 Å². The molecule has 0 heterocycles. The summed E-state index contributed by atoms with van der Waals surface area (Å²) in [6.07, 6.45) is 0. The Labute approximate surface area is 132 Å². The number of hydrogen-bond acceptors (Lipinski definition) is 2. The standard InChI is InChI=1S/C14H13BrClNO2S/c1-10-9-12(5-8-14(10)15)17(2)20(18,19)13-6-3-11(16)4-7-13/h3-9H,1-2H3. The molecule has 6 heteroatoms. The highest BCUT2D eigenvalue weighted by molar-refractivity contribution is 9.10. The molecule has 0 saturated heterocycles. The lowest BCUT2D eigenvalue weighted by Gasteiger charge is -2.20. The SMILES string of the molecule is Cc1cc(N(C)S(=O)(=O)c2ccc(Cl)cc2)ccc1Br. The van der Waals surface area contributed by atoms with E-state index in [1.807, 2.05) is 19.1 Å². The molecule has 0 N–H and O–H groups in total. The summed E-state index contributed by atoms with van der Waals surface area (Å²) in [7, 11) is -2.04. The highest BCUT2D eigenvalue weighted by atomic mass is 79.9. The van der Waals surface area contributed by atoms with Gasteiger partial charge in [0.1, 0.15) is 0 Å². The molecule has 0 unspecified atom stereocenters. The lowest BCUT2D eigenvalue weighted by atomic mass is 10.2. The molecule has 0 bridgehead atoms. The number of halogens is 2. The van der Waals surface area contributed by atoms with E-state index in [4.69, 9.17) is 11.6 Å². The largest absolute Gasteiger partial charge is 0.269 e. The van der Waals surface area contributed by atoms with Gasteiger partial charge in [0.15, 0.2) is 0 Å². The summed E-state index contributed by atoms with van der Waals surface area (Å²) in [5.74, 6) is 0. The summed E-state index contributed by atoms with van der Waals surface area (Å²) in [6, 6.07) is 11.5. The molecule has 3 nitrogen and oxygen atoms in total. The van der Waals surface area contributed by atoms with Crippen LogP contribution in [0.25, 0.3) is 0 Å². The molecule has 0 amide bonds. The maximum atomic E-state index is 12.5. The molecule has 106 valence electrons. The Bertz CT molecular complexity index is 729. The molecule has 0 radical (unpaired) electrons. The summed E-state index contributed by atoms with van der Waals surface area (Å²) < 4.78 is 27.2. The molecule has 2 aromatic carbocycles. The Balaban J connectivity index is 2.42.